The molecule has 0 aliphatic heterocycles. The van der Waals surface area contributed by atoms with E-state index < -0.39 is 11.6 Å². The van der Waals surface area contributed by atoms with Crippen molar-refractivity contribution in [2.24, 2.45) is 0 Å². The minimum Gasteiger partial charge on any atom is -0.356 e. The number of ether oxygens (including phenoxy) is 2. The molecule has 3 rings (SSSR count). The summed E-state index contributed by atoms with van der Waals surface area (Å²) in [5.41, 5.74) is 2.98. The van der Waals surface area contributed by atoms with Crippen LogP contribution in [0.3, 0.4) is 0 Å². The molecule has 0 aliphatic rings. The van der Waals surface area contributed by atoms with Crippen molar-refractivity contribution in [3.63, 3.8) is 0 Å². The number of hydrogen-bond donors (Lipinski definition) is 0. The van der Waals surface area contributed by atoms with Gasteiger partial charge in [0.1, 0.15) is 5.82 Å². The van der Waals surface area contributed by atoms with Crippen molar-refractivity contribution in [2.45, 2.75) is 52.2 Å². The van der Waals surface area contributed by atoms with Crippen LogP contribution in [0.4, 0.5) is 13.2 Å². The Morgan fingerprint density at radius 3 is 2.11 bits per heavy atom. The lowest BCUT2D eigenvalue weighted by Crippen LogP contribution is -2.14. The molecule has 3 aromatic rings. The fourth-order valence-electron chi connectivity index (χ4n) is 3.81. The molecule has 2 atom stereocenters. The monoisotopic (exact) mass is 482 g/mol. The molecule has 0 radical (unpaired) electrons. The summed E-state index contributed by atoms with van der Waals surface area (Å²) < 4.78 is 55.0. The van der Waals surface area contributed by atoms with Crippen LogP contribution in [0, 0.1) is 17.5 Å². The van der Waals surface area contributed by atoms with Gasteiger partial charge in [0.2, 0.25) is 0 Å². The molecule has 0 heterocycles. The summed E-state index contributed by atoms with van der Waals surface area (Å²) in [6.45, 7) is 6.25. The molecule has 186 valence electrons. The molecule has 0 saturated heterocycles. The maximum Gasteiger partial charge on any atom is 0.166 e. The summed E-state index contributed by atoms with van der Waals surface area (Å²) in [6, 6.07) is 15.1. The third-order valence-corrected chi connectivity index (χ3v) is 6.10. The Hall–Kier alpha value is -2.89. The number of allylic oxidation sites excluding steroid dienone is 2. The van der Waals surface area contributed by atoms with E-state index >= 15 is 0 Å². The van der Waals surface area contributed by atoms with Crippen LogP contribution in [-0.2, 0) is 15.9 Å². The fraction of sp³-hybridized carbons (Fsp3) is 0.333. The summed E-state index contributed by atoms with van der Waals surface area (Å²) in [4.78, 5) is 0. The zero-order valence-corrected chi connectivity index (χ0v) is 20.8. The first kappa shape index (κ1) is 26.7. The summed E-state index contributed by atoms with van der Waals surface area (Å²) >= 11 is 0. The van der Waals surface area contributed by atoms with Gasteiger partial charge in [-0.05, 0) is 48.1 Å². The molecular weight excluding hydrogens is 449 g/mol. The number of unbranched alkanes of at least 4 members (excludes halogenated alkanes) is 1. The van der Waals surface area contributed by atoms with Gasteiger partial charge in [-0.2, -0.15) is 0 Å². The minimum absolute atomic E-state index is 0.00139. The van der Waals surface area contributed by atoms with Crippen LogP contribution in [0.15, 0.2) is 66.7 Å². The summed E-state index contributed by atoms with van der Waals surface area (Å²) in [5.74, 6) is -2.04. The van der Waals surface area contributed by atoms with E-state index in [1.807, 2.05) is 25.1 Å². The molecule has 5 heteroatoms. The van der Waals surface area contributed by atoms with Crippen molar-refractivity contribution in [2.75, 3.05) is 13.7 Å². The molecule has 2 unspecified atom stereocenters. The standard InChI is InChI=1S/C30H33F3O2/c1-5-6-7-8-9-24-14-17-27(30(33)29(24)32)23-12-10-22(11-13-23)26-16-15-25(18-28(26)31)20(2)19-35-21(3)34-4/h7-8,10-18,20-21H,5-6,9,19H2,1-4H3/b8-7-. The molecular formula is C30H33F3O2. The maximum absolute atomic E-state index is 14.9. The van der Waals surface area contributed by atoms with E-state index in [0.717, 1.165) is 18.4 Å². The summed E-state index contributed by atoms with van der Waals surface area (Å²) in [7, 11) is 1.57. The van der Waals surface area contributed by atoms with Gasteiger partial charge in [0.25, 0.3) is 0 Å². The number of methoxy groups -OCH3 is 1. The predicted molar refractivity (Wildman–Crippen MR) is 136 cm³/mol. The van der Waals surface area contributed by atoms with Gasteiger partial charge in [0, 0.05) is 24.2 Å². The Balaban J connectivity index is 1.76. The predicted octanol–water partition coefficient (Wildman–Crippen LogP) is 8.45. The smallest absolute Gasteiger partial charge is 0.166 e. The molecule has 0 aromatic heterocycles. The van der Waals surface area contributed by atoms with Gasteiger partial charge in [-0.15, -0.1) is 0 Å². The maximum atomic E-state index is 14.9. The molecule has 0 saturated carbocycles. The first-order chi connectivity index (χ1) is 16.8. The highest BCUT2D eigenvalue weighted by atomic mass is 19.2. The molecule has 0 spiro atoms. The molecule has 2 nitrogen and oxygen atoms in total. The van der Waals surface area contributed by atoms with Crippen LogP contribution in [0.2, 0.25) is 0 Å². The first-order valence-corrected chi connectivity index (χ1v) is 12.0. The largest absolute Gasteiger partial charge is 0.356 e. The highest BCUT2D eigenvalue weighted by Gasteiger charge is 2.16. The quantitative estimate of drug-likeness (QED) is 0.202. The first-order valence-electron chi connectivity index (χ1n) is 12.0. The highest BCUT2D eigenvalue weighted by molar-refractivity contribution is 5.71. The van der Waals surface area contributed by atoms with E-state index in [4.69, 9.17) is 9.47 Å². The van der Waals surface area contributed by atoms with Crippen LogP contribution in [-0.4, -0.2) is 20.0 Å². The molecule has 3 aromatic carbocycles. The van der Waals surface area contributed by atoms with Crippen molar-refractivity contribution >= 4 is 0 Å². The van der Waals surface area contributed by atoms with E-state index in [2.05, 4.69) is 6.92 Å². The number of rotatable bonds is 11. The van der Waals surface area contributed by atoms with Gasteiger partial charge in [-0.25, -0.2) is 13.2 Å². The van der Waals surface area contributed by atoms with Crippen molar-refractivity contribution in [1.82, 2.24) is 0 Å². The second kappa shape index (κ2) is 12.7. The number of halogens is 3. The van der Waals surface area contributed by atoms with E-state index in [-0.39, 0.29) is 23.6 Å². The van der Waals surface area contributed by atoms with Gasteiger partial charge >= 0.3 is 0 Å². The van der Waals surface area contributed by atoms with Gasteiger partial charge < -0.3 is 9.47 Å². The number of benzene rings is 3. The Bertz CT molecular complexity index is 1140. The van der Waals surface area contributed by atoms with E-state index in [9.17, 15) is 13.2 Å². The van der Waals surface area contributed by atoms with Gasteiger partial charge in [-0.1, -0.05) is 81.0 Å². The molecule has 0 aliphatic carbocycles. The van der Waals surface area contributed by atoms with Crippen LogP contribution < -0.4 is 0 Å². The molecule has 0 bridgehead atoms. The Morgan fingerprint density at radius 1 is 0.829 bits per heavy atom. The normalized spacial score (nSPS) is 13.3. The van der Waals surface area contributed by atoms with Crippen LogP contribution in [0.1, 0.15) is 50.7 Å². The van der Waals surface area contributed by atoms with Crippen LogP contribution in [0.5, 0.6) is 0 Å². The molecule has 0 fully saturated rings. The van der Waals surface area contributed by atoms with E-state index in [1.165, 1.54) is 6.07 Å². The third-order valence-electron chi connectivity index (χ3n) is 6.10. The van der Waals surface area contributed by atoms with Crippen LogP contribution >= 0.6 is 0 Å². The fourth-order valence-corrected chi connectivity index (χ4v) is 3.81. The average molecular weight is 483 g/mol. The average Bonchev–Trinajstić information content (AvgIpc) is 2.87. The number of hydrogen-bond acceptors (Lipinski definition) is 2. The van der Waals surface area contributed by atoms with Gasteiger partial charge in [-0.3, -0.25) is 0 Å². The SMILES string of the molecule is CCC/C=C\Cc1ccc(-c2ccc(-c3ccc(C(C)COC(C)OC)cc3F)cc2)c(F)c1F. The molecule has 0 N–H and O–H groups in total. The Morgan fingerprint density at radius 2 is 1.49 bits per heavy atom. The highest BCUT2D eigenvalue weighted by Crippen LogP contribution is 2.31. The lowest BCUT2D eigenvalue weighted by molar-refractivity contribution is -0.113. The van der Waals surface area contributed by atoms with Gasteiger partial charge in [0.15, 0.2) is 17.9 Å². The van der Waals surface area contributed by atoms with Gasteiger partial charge in [0.05, 0.1) is 6.61 Å². The topological polar surface area (TPSA) is 18.5 Å². The van der Waals surface area contributed by atoms with E-state index in [0.29, 0.717) is 35.3 Å². The zero-order chi connectivity index (χ0) is 25.4. The third kappa shape index (κ3) is 6.83. The zero-order valence-electron chi connectivity index (χ0n) is 20.8. The second-order valence-corrected chi connectivity index (χ2v) is 8.72. The van der Waals surface area contributed by atoms with Crippen molar-refractivity contribution < 1.29 is 22.6 Å². The Labute approximate surface area is 206 Å². The minimum atomic E-state index is -0.867. The van der Waals surface area contributed by atoms with Crippen molar-refractivity contribution in [3.8, 4) is 22.3 Å². The summed E-state index contributed by atoms with van der Waals surface area (Å²) in [6.07, 6.45) is 5.80. The molecule has 35 heavy (non-hydrogen) atoms. The van der Waals surface area contributed by atoms with Crippen molar-refractivity contribution in [1.29, 1.82) is 0 Å². The van der Waals surface area contributed by atoms with Crippen LogP contribution in [0.25, 0.3) is 22.3 Å². The van der Waals surface area contributed by atoms with E-state index in [1.54, 1.807) is 56.5 Å². The summed E-state index contributed by atoms with van der Waals surface area (Å²) in [5, 5.41) is 0. The second-order valence-electron chi connectivity index (χ2n) is 8.72. The Kier molecular flexibility index (Phi) is 9.70. The molecule has 0 amide bonds. The lowest BCUT2D eigenvalue weighted by Gasteiger charge is -2.17. The lowest BCUT2D eigenvalue weighted by atomic mass is 9.95. The van der Waals surface area contributed by atoms with Crippen molar-refractivity contribution in [3.05, 3.63) is 95.3 Å².